The Morgan fingerprint density at radius 2 is 1.13 bits per heavy atom. The lowest BCUT2D eigenvalue weighted by atomic mass is 9.76. The van der Waals surface area contributed by atoms with E-state index in [4.69, 9.17) is 4.18 Å². The molecule has 0 unspecified atom stereocenters. The summed E-state index contributed by atoms with van der Waals surface area (Å²) in [6.45, 7) is 0. The highest BCUT2D eigenvalue weighted by atomic mass is 32.2. The molecular weight excluding hydrogens is 539 g/mol. The average molecular weight is 578 g/mol. The molecule has 5 rings (SSSR count). The standard InChI is InChI=1S/C30H39FO6S2/c31-28-20-25(38(32,33)34)16-17-29(28)37-39(35,36)30-26(22-12-6-2-7-13-22)18-24(21-10-4-1-5-11-21)19-27(30)23-14-8-3-9-15-23/h16-23H,1-15H2,(H,32,33,34)/p-1. The van der Waals surface area contributed by atoms with Crippen LogP contribution in [0.4, 0.5) is 4.39 Å². The van der Waals surface area contributed by atoms with Gasteiger partial charge in [0.05, 0.1) is 4.90 Å². The summed E-state index contributed by atoms with van der Waals surface area (Å²) in [5, 5.41) is 0. The topological polar surface area (TPSA) is 101 Å². The van der Waals surface area contributed by atoms with Gasteiger partial charge in [-0.2, -0.15) is 8.42 Å². The molecule has 0 spiro atoms. The first-order chi connectivity index (χ1) is 18.6. The Labute approximate surface area is 232 Å². The summed E-state index contributed by atoms with van der Waals surface area (Å²) in [5.41, 5.74) is 2.83. The minimum absolute atomic E-state index is 0.0934. The van der Waals surface area contributed by atoms with Gasteiger partial charge in [-0.15, -0.1) is 0 Å². The Balaban J connectivity index is 1.64. The molecule has 0 radical (unpaired) electrons. The second-order valence-electron chi connectivity index (χ2n) is 11.6. The zero-order valence-electron chi connectivity index (χ0n) is 22.4. The van der Waals surface area contributed by atoms with Gasteiger partial charge in [-0.1, -0.05) is 69.9 Å². The third-order valence-electron chi connectivity index (χ3n) is 8.98. The number of halogens is 1. The van der Waals surface area contributed by atoms with Crippen molar-refractivity contribution in [1.29, 1.82) is 0 Å². The monoisotopic (exact) mass is 577 g/mol. The van der Waals surface area contributed by atoms with Gasteiger partial charge in [0.15, 0.2) is 11.6 Å². The molecule has 2 aromatic carbocycles. The van der Waals surface area contributed by atoms with E-state index in [-0.39, 0.29) is 16.7 Å². The first kappa shape index (κ1) is 28.6. The fraction of sp³-hybridized carbons (Fsp3) is 0.600. The van der Waals surface area contributed by atoms with E-state index in [9.17, 15) is 25.8 Å². The van der Waals surface area contributed by atoms with Gasteiger partial charge in [0.25, 0.3) is 0 Å². The van der Waals surface area contributed by atoms with Gasteiger partial charge in [-0.3, -0.25) is 0 Å². The van der Waals surface area contributed by atoms with E-state index in [1.54, 1.807) is 0 Å². The highest BCUT2D eigenvalue weighted by molar-refractivity contribution is 7.87. The van der Waals surface area contributed by atoms with Crippen molar-refractivity contribution < 1.29 is 30.0 Å². The Kier molecular flexibility index (Phi) is 8.69. The molecule has 3 aliphatic rings. The van der Waals surface area contributed by atoms with E-state index in [1.807, 2.05) is 0 Å². The zero-order valence-corrected chi connectivity index (χ0v) is 24.0. The van der Waals surface area contributed by atoms with Gasteiger partial charge in [0, 0.05) is 0 Å². The maximum absolute atomic E-state index is 14.9. The van der Waals surface area contributed by atoms with Crippen LogP contribution in [0.15, 0.2) is 40.1 Å². The Bertz CT molecular complexity index is 1350. The SMILES string of the molecule is O=S(=O)([O-])c1ccc(OS(=O)(=O)c2c(C3CCCCC3)cc(C3CCCCC3)cc2C2CCCCC2)c(F)c1. The molecule has 0 N–H and O–H groups in total. The quantitative estimate of drug-likeness (QED) is 0.248. The van der Waals surface area contributed by atoms with Crippen LogP contribution >= 0.6 is 0 Å². The number of rotatable bonds is 7. The smallest absolute Gasteiger partial charge is 0.339 e. The van der Waals surface area contributed by atoms with E-state index in [2.05, 4.69) is 12.1 Å². The van der Waals surface area contributed by atoms with Crippen LogP contribution in [-0.2, 0) is 20.2 Å². The Hall–Kier alpha value is -1.97. The lowest BCUT2D eigenvalue weighted by molar-refractivity contribution is 0.412. The average Bonchev–Trinajstić information content (AvgIpc) is 2.94. The maximum atomic E-state index is 14.9. The van der Waals surface area contributed by atoms with E-state index in [1.165, 1.54) is 24.8 Å². The van der Waals surface area contributed by atoms with Crippen LogP contribution in [0, 0.1) is 5.82 Å². The van der Waals surface area contributed by atoms with E-state index in [0.717, 1.165) is 100 Å². The summed E-state index contributed by atoms with van der Waals surface area (Å²) in [5.74, 6) is -1.21. The van der Waals surface area contributed by atoms with Crippen LogP contribution in [0.3, 0.4) is 0 Å². The number of benzene rings is 2. The molecule has 214 valence electrons. The highest BCUT2D eigenvalue weighted by Gasteiger charge is 2.35. The predicted molar refractivity (Wildman–Crippen MR) is 146 cm³/mol. The molecule has 3 saturated carbocycles. The zero-order chi connectivity index (χ0) is 27.6. The molecule has 0 aliphatic heterocycles. The number of hydrogen-bond acceptors (Lipinski definition) is 6. The first-order valence-corrected chi connectivity index (χ1v) is 17.3. The molecule has 39 heavy (non-hydrogen) atoms. The van der Waals surface area contributed by atoms with Crippen molar-refractivity contribution in [2.45, 2.75) is 124 Å². The molecule has 6 nitrogen and oxygen atoms in total. The molecule has 0 amide bonds. The van der Waals surface area contributed by atoms with Crippen molar-refractivity contribution >= 4 is 20.2 Å². The third kappa shape index (κ3) is 6.51. The fourth-order valence-corrected chi connectivity index (χ4v) is 8.92. The van der Waals surface area contributed by atoms with Gasteiger partial charge in [-0.25, -0.2) is 12.8 Å². The van der Waals surface area contributed by atoms with Crippen molar-refractivity contribution in [2.75, 3.05) is 0 Å². The lowest BCUT2D eigenvalue weighted by Gasteiger charge is -2.32. The summed E-state index contributed by atoms with van der Waals surface area (Å²) < 4.78 is 82.4. The van der Waals surface area contributed by atoms with E-state index >= 15 is 0 Å². The first-order valence-electron chi connectivity index (χ1n) is 14.5. The highest BCUT2D eigenvalue weighted by Crippen LogP contribution is 2.46. The van der Waals surface area contributed by atoms with E-state index < -0.39 is 36.7 Å². The number of hydrogen-bond donors (Lipinski definition) is 0. The molecule has 0 bridgehead atoms. The second kappa shape index (κ2) is 11.9. The van der Waals surface area contributed by atoms with Crippen LogP contribution < -0.4 is 4.18 Å². The lowest BCUT2D eigenvalue weighted by Crippen LogP contribution is -2.21. The minimum Gasteiger partial charge on any atom is -0.744 e. The summed E-state index contributed by atoms with van der Waals surface area (Å²) >= 11 is 0. The van der Waals surface area contributed by atoms with E-state index in [0.29, 0.717) is 12.0 Å². The maximum Gasteiger partial charge on any atom is 0.339 e. The van der Waals surface area contributed by atoms with Crippen molar-refractivity contribution in [3.63, 3.8) is 0 Å². The molecule has 0 saturated heterocycles. The van der Waals surface area contributed by atoms with Crippen LogP contribution in [0.25, 0.3) is 0 Å². The minimum atomic E-state index is -4.89. The van der Waals surface area contributed by atoms with Crippen LogP contribution in [0.1, 0.15) is 131 Å². The van der Waals surface area contributed by atoms with Gasteiger partial charge in [0.1, 0.15) is 15.0 Å². The molecule has 3 fully saturated rings. The van der Waals surface area contributed by atoms with Gasteiger partial charge in [-0.05, 0) is 91.2 Å². The largest absolute Gasteiger partial charge is 0.744 e. The molecule has 0 aromatic heterocycles. The Morgan fingerprint density at radius 1 is 0.667 bits per heavy atom. The third-order valence-corrected chi connectivity index (χ3v) is 11.2. The molecule has 3 aliphatic carbocycles. The normalized spacial score (nSPS) is 20.7. The van der Waals surface area contributed by atoms with Gasteiger partial charge in [0.2, 0.25) is 0 Å². The van der Waals surface area contributed by atoms with Crippen molar-refractivity contribution in [3.05, 3.63) is 52.8 Å². The van der Waals surface area contributed by atoms with Crippen LogP contribution in [0.5, 0.6) is 5.75 Å². The molecular formula is C30H38FO6S2-. The summed E-state index contributed by atoms with van der Waals surface area (Å²) in [7, 11) is -9.35. The summed E-state index contributed by atoms with van der Waals surface area (Å²) in [6, 6.07) is 6.53. The fourth-order valence-electron chi connectivity index (χ4n) is 6.96. The summed E-state index contributed by atoms with van der Waals surface area (Å²) in [6.07, 6.45) is 15.9. The van der Waals surface area contributed by atoms with Crippen molar-refractivity contribution in [1.82, 2.24) is 0 Å². The Morgan fingerprint density at radius 3 is 1.56 bits per heavy atom. The predicted octanol–water partition coefficient (Wildman–Crippen LogP) is 7.64. The van der Waals surface area contributed by atoms with Crippen molar-refractivity contribution in [2.24, 2.45) is 0 Å². The molecule has 9 heteroatoms. The molecule has 2 aromatic rings. The summed E-state index contributed by atoms with van der Waals surface area (Å²) in [4.78, 5) is -0.590. The molecule has 0 atom stereocenters. The van der Waals surface area contributed by atoms with Crippen LogP contribution in [0.2, 0.25) is 0 Å². The van der Waals surface area contributed by atoms with Gasteiger partial charge < -0.3 is 8.74 Å². The van der Waals surface area contributed by atoms with Crippen LogP contribution in [-0.4, -0.2) is 21.4 Å². The van der Waals surface area contributed by atoms with Gasteiger partial charge >= 0.3 is 10.1 Å². The van der Waals surface area contributed by atoms with Crippen molar-refractivity contribution in [3.8, 4) is 5.75 Å². The second-order valence-corrected chi connectivity index (χ2v) is 14.5. The molecule has 0 heterocycles.